The lowest BCUT2D eigenvalue weighted by molar-refractivity contribution is -0.335. The highest BCUT2D eigenvalue weighted by molar-refractivity contribution is 5.76. The Hall–Kier alpha value is -2.29. The van der Waals surface area contributed by atoms with Gasteiger partial charge in [-0.2, -0.15) is 0 Å². The maximum absolute atomic E-state index is 12.3. The highest BCUT2D eigenvalue weighted by Gasteiger charge is 2.29. The Morgan fingerprint density at radius 3 is 2.86 bits per heavy atom. The van der Waals surface area contributed by atoms with Crippen molar-refractivity contribution < 1.29 is 19.0 Å². The normalized spacial score (nSPS) is 16.0. The lowest BCUT2D eigenvalue weighted by Crippen LogP contribution is -2.52. The van der Waals surface area contributed by atoms with Gasteiger partial charge in [0.1, 0.15) is 12.6 Å². The fourth-order valence-corrected chi connectivity index (χ4v) is 1.97. The Kier molecular flexibility index (Phi) is 4.74. The van der Waals surface area contributed by atoms with Crippen molar-refractivity contribution in [3.05, 3.63) is 47.8 Å². The van der Waals surface area contributed by atoms with Crippen LogP contribution in [0.4, 0.5) is 0 Å². The zero-order valence-corrected chi connectivity index (χ0v) is 11.8. The summed E-state index contributed by atoms with van der Waals surface area (Å²) in [5.74, 6) is -0.397. The molecule has 0 spiro atoms. The van der Waals surface area contributed by atoms with Gasteiger partial charge in [-0.25, -0.2) is 0 Å². The highest BCUT2D eigenvalue weighted by atomic mass is 16.9. The molecule has 0 saturated carbocycles. The first kappa shape index (κ1) is 14.6. The van der Waals surface area contributed by atoms with Gasteiger partial charge in [0.25, 0.3) is 0 Å². The van der Waals surface area contributed by atoms with Gasteiger partial charge >= 0.3 is 5.97 Å². The summed E-state index contributed by atoms with van der Waals surface area (Å²) in [7, 11) is 0. The number of aromatic nitrogens is 3. The van der Waals surface area contributed by atoms with Crippen molar-refractivity contribution in [2.45, 2.75) is 25.5 Å². The monoisotopic (exact) mass is 304 g/mol. The molecule has 1 saturated heterocycles. The van der Waals surface area contributed by atoms with E-state index in [2.05, 4.69) is 20.7 Å². The van der Waals surface area contributed by atoms with Gasteiger partial charge in [0.05, 0.1) is 5.69 Å². The maximum atomic E-state index is 12.3. The summed E-state index contributed by atoms with van der Waals surface area (Å²) in [6, 6.07) is 8.86. The summed E-state index contributed by atoms with van der Waals surface area (Å²) < 4.78 is 15.6. The number of aromatic amines is 1. The van der Waals surface area contributed by atoms with Gasteiger partial charge in [0, 0.05) is 12.6 Å². The molecule has 2 N–H and O–H groups in total. The molecule has 1 atom stereocenters. The summed E-state index contributed by atoms with van der Waals surface area (Å²) in [6.07, 6.45) is 1.36. The minimum atomic E-state index is -0.626. The Balaban J connectivity index is 1.58. The lowest BCUT2D eigenvalue weighted by atomic mass is 10.1. The third kappa shape index (κ3) is 3.88. The topological polar surface area (TPSA) is 98.4 Å². The largest absolute Gasteiger partial charge is 0.460 e. The second-order valence-electron chi connectivity index (χ2n) is 4.76. The average Bonchev–Trinajstić information content (AvgIpc) is 3.01. The molecule has 0 radical (unpaired) electrons. The molecule has 1 aromatic carbocycles. The first-order chi connectivity index (χ1) is 10.8. The number of carbonyl (C=O) groups is 1. The third-order valence-corrected chi connectivity index (χ3v) is 3.17. The van der Waals surface area contributed by atoms with Crippen molar-refractivity contribution in [3.8, 4) is 0 Å². The smallest absolute Gasteiger partial charge is 0.324 e. The molecule has 0 unspecified atom stereocenters. The SMILES string of the molecule is O=C(OCc1ccccc1)[C@H](Cc1c[nH]nn1)NC1OCO1. The molecule has 1 aliphatic heterocycles. The van der Waals surface area contributed by atoms with Crippen LogP contribution in [0.1, 0.15) is 11.3 Å². The van der Waals surface area contributed by atoms with Crippen LogP contribution in [-0.2, 0) is 32.0 Å². The van der Waals surface area contributed by atoms with E-state index >= 15 is 0 Å². The third-order valence-electron chi connectivity index (χ3n) is 3.17. The number of rotatable bonds is 7. The summed E-state index contributed by atoms with van der Waals surface area (Å²) in [6.45, 7) is 0.427. The van der Waals surface area contributed by atoms with Crippen LogP contribution in [0.5, 0.6) is 0 Å². The summed E-state index contributed by atoms with van der Waals surface area (Å²) >= 11 is 0. The zero-order chi connectivity index (χ0) is 15.2. The molecule has 116 valence electrons. The minimum Gasteiger partial charge on any atom is -0.460 e. The molecule has 2 aromatic rings. The van der Waals surface area contributed by atoms with Crippen molar-refractivity contribution in [1.82, 2.24) is 20.7 Å². The van der Waals surface area contributed by atoms with Gasteiger partial charge in [-0.3, -0.25) is 15.2 Å². The van der Waals surface area contributed by atoms with Gasteiger partial charge in [0.2, 0.25) is 6.41 Å². The van der Waals surface area contributed by atoms with Crippen molar-refractivity contribution in [1.29, 1.82) is 0 Å². The van der Waals surface area contributed by atoms with E-state index in [0.717, 1.165) is 5.56 Å². The van der Waals surface area contributed by atoms with Gasteiger partial charge in [0.15, 0.2) is 6.79 Å². The predicted octanol–water partition coefficient (Wildman–Crippen LogP) is 0.337. The number of H-pyrrole nitrogens is 1. The number of hydrogen-bond donors (Lipinski definition) is 2. The molecule has 22 heavy (non-hydrogen) atoms. The summed E-state index contributed by atoms with van der Waals surface area (Å²) in [5, 5.41) is 13.0. The van der Waals surface area contributed by atoms with E-state index in [1.165, 1.54) is 0 Å². The molecule has 2 heterocycles. The van der Waals surface area contributed by atoms with Gasteiger partial charge < -0.3 is 14.2 Å². The van der Waals surface area contributed by atoms with Crippen LogP contribution in [-0.4, -0.2) is 40.6 Å². The molecular formula is C14H16N4O4. The van der Waals surface area contributed by atoms with E-state index in [1.54, 1.807) is 6.20 Å². The fourth-order valence-electron chi connectivity index (χ4n) is 1.97. The Labute approximate surface area is 126 Å². The minimum absolute atomic E-state index is 0.211. The molecule has 0 bridgehead atoms. The summed E-state index contributed by atoms with van der Waals surface area (Å²) in [5.41, 5.74) is 1.57. The van der Waals surface area contributed by atoms with E-state index in [9.17, 15) is 4.79 Å². The zero-order valence-electron chi connectivity index (χ0n) is 11.8. The lowest BCUT2D eigenvalue weighted by Gasteiger charge is -2.30. The maximum Gasteiger partial charge on any atom is 0.324 e. The molecule has 1 aliphatic rings. The van der Waals surface area contributed by atoms with E-state index in [0.29, 0.717) is 12.1 Å². The van der Waals surface area contributed by atoms with Crippen LogP contribution in [0.3, 0.4) is 0 Å². The first-order valence-electron chi connectivity index (χ1n) is 6.86. The number of nitrogens with one attached hydrogen (secondary N) is 2. The first-order valence-corrected chi connectivity index (χ1v) is 6.86. The van der Waals surface area contributed by atoms with E-state index in [4.69, 9.17) is 14.2 Å². The van der Waals surface area contributed by atoms with Crippen molar-refractivity contribution in [2.75, 3.05) is 6.79 Å². The number of benzene rings is 1. The Morgan fingerprint density at radius 2 is 2.23 bits per heavy atom. The molecule has 1 fully saturated rings. The Morgan fingerprint density at radius 1 is 1.41 bits per heavy atom. The second kappa shape index (κ2) is 7.12. The number of ether oxygens (including phenoxy) is 3. The molecule has 1 aromatic heterocycles. The average molecular weight is 304 g/mol. The predicted molar refractivity (Wildman–Crippen MR) is 74.1 cm³/mol. The number of nitrogens with zero attached hydrogens (tertiary/aromatic N) is 2. The number of esters is 1. The van der Waals surface area contributed by atoms with E-state index in [-0.39, 0.29) is 13.4 Å². The van der Waals surface area contributed by atoms with Crippen molar-refractivity contribution in [2.24, 2.45) is 0 Å². The van der Waals surface area contributed by atoms with Gasteiger partial charge in [-0.15, -0.1) is 5.10 Å². The van der Waals surface area contributed by atoms with Crippen molar-refractivity contribution >= 4 is 5.97 Å². The molecular weight excluding hydrogens is 288 g/mol. The standard InChI is InChI=1S/C14H16N4O4/c19-13(20-8-10-4-2-1-3-5-10)12(16-14-21-9-22-14)6-11-7-15-18-17-11/h1-5,7,12,14,16H,6,8-9H2,(H,15,17,18)/t12-/m0/s1. The second-order valence-corrected chi connectivity index (χ2v) is 4.76. The summed E-state index contributed by atoms with van der Waals surface area (Å²) in [4.78, 5) is 12.3. The van der Waals surface area contributed by atoms with Crippen LogP contribution >= 0.6 is 0 Å². The van der Waals surface area contributed by atoms with E-state index in [1.807, 2.05) is 30.3 Å². The molecule has 3 rings (SSSR count). The quantitative estimate of drug-likeness (QED) is 0.711. The Bertz CT molecular complexity index is 586. The van der Waals surface area contributed by atoms with Gasteiger partial charge in [-0.05, 0) is 5.56 Å². The van der Waals surface area contributed by atoms with E-state index < -0.39 is 18.4 Å². The number of carbonyl (C=O) groups excluding carboxylic acids is 1. The van der Waals surface area contributed by atoms with Crippen LogP contribution in [0, 0.1) is 0 Å². The van der Waals surface area contributed by atoms with Crippen molar-refractivity contribution in [3.63, 3.8) is 0 Å². The van der Waals surface area contributed by atoms with Crippen LogP contribution in [0.2, 0.25) is 0 Å². The van der Waals surface area contributed by atoms with Crippen LogP contribution in [0.15, 0.2) is 36.5 Å². The number of hydrogen-bond acceptors (Lipinski definition) is 7. The van der Waals surface area contributed by atoms with Crippen LogP contribution in [0.25, 0.3) is 0 Å². The highest BCUT2D eigenvalue weighted by Crippen LogP contribution is 2.09. The molecule has 8 heteroatoms. The van der Waals surface area contributed by atoms with Crippen LogP contribution < -0.4 is 5.32 Å². The fraction of sp³-hybridized carbons (Fsp3) is 0.357. The molecule has 0 aliphatic carbocycles. The molecule has 8 nitrogen and oxygen atoms in total. The molecule has 0 amide bonds. The van der Waals surface area contributed by atoms with Gasteiger partial charge in [-0.1, -0.05) is 35.5 Å².